The van der Waals surface area contributed by atoms with Crippen LogP contribution >= 0.6 is 23.2 Å². The molecule has 3 heterocycles. The molecule has 0 amide bonds. The second-order valence-corrected chi connectivity index (χ2v) is 8.36. The van der Waals surface area contributed by atoms with Crippen LogP contribution in [0.5, 0.6) is 0 Å². The number of H-pyrrole nitrogens is 1. The van der Waals surface area contributed by atoms with Crippen LogP contribution in [0, 0.1) is 0 Å². The van der Waals surface area contributed by atoms with Gasteiger partial charge in [0.1, 0.15) is 5.82 Å². The van der Waals surface area contributed by atoms with Gasteiger partial charge in [0, 0.05) is 42.2 Å². The number of nitrogens with zero attached hydrogens (tertiary/aromatic N) is 2. The Labute approximate surface area is 187 Å². The number of hydrogen-bond acceptors (Lipinski definition) is 5. The molecule has 5 rings (SSSR count). The largest absolute Gasteiger partial charge is 0.462 e. The van der Waals surface area contributed by atoms with Crippen LogP contribution in [-0.4, -0.2) is 21.4 Å². The topological polar surface area (TPSA) is 79.2 Å². The summed E-state index contributed by atoms with van der Waals surface area (Å²) in [5, 5.41) is 1.02. The molecule has 0 bridgehead atoms. The first-order chi connectivity index (χ1) is 15.0. The van der Waals surface area contributed by atoms with Gasteiger partial charge in [0.05, 0.1) is 27.9 Å². The van der Waals surface area contributed by atoms with E-state index < -0.39 is 0 Å². The van der Waals surface area contributed by atoms with Gasteiger partial charge in [-0.2, -0.15) is 0 Å². The van der Waals surface area contributed by atoms with E-state index >= 15 is 0 Å². The molecule has 0 saturated carbocycles. The first kappa shape index (κ1) is 20.0. The molecule has 8 heteroatoms. The maximum Gasteiger partial charge on any atom is 0.255 e. The molecule has 1 aliphatic rings. The summed E-state index contributed by atoms with van der Waals surface area (Å²) in [7, 11) is 0. The molecule has 0 aliphatic carbocycles. The van der Waals surface area contributed by atoms with E-state index in [1.165, 1.54) is 6.26 Å². The summed E-state index contributed by atoms with van der Waals surface area (Å²) < 4.78 is 5.61. The monoisotopic (exact) mass is 453 g/mol. The molecule has 0 atom stereocenters. The van der Waals surface area contributed by atoms with Gasteiger partial charge in [0.2, 0.25) is 0 Å². The lowest BCUT2D eigenvalue weighted by Gasteiger charge is -2.27. The van der Waals surface area contributed by atoms with Gasteiger partial charge in [0.15, 0.2) is 11.0 Å². The van der Waals surface area contributed by atoms with Crippen LogP contribution in [0.1, 0.15) is 16.8 Å². The van der Waals surface area contributed by atoms with E-state index in [0.29, 0.717) is 64.0 Å². The third kappa shape index (κ3) is 3.78. The molecule has 0 spiro atoms. The number of fused-ring (bicyclic) bond motifs is 2. The highest BCUT2D eigenvalue weighted by Crippen LogP contribution is 2.27. The summed E-state index contributed by atoms with van der Waals surface area (Å²) in [6, 6.07) is 12.7. The van der Waals surface area contributed by atoms with Crippen LogP contribution in [0.15, 0.2) is 62.7 Å². The summed E-state index contributed by atoms with van der Waals surface area (Å²) in [6.45, 7) is 1.42. The molecular formula is C23H17Cl2N3O3. The quantitative estimate of drug-likeness (QED) is 0.496. The fourth-order valence-corrected chi connectivity index (χ4v) is 4.44. The van der Waals surface area contributed by atoms with Crippen LogP contribution in [0.3, 0.4) is 0 Å². The van der Waals surface area contributed by atoms with Gasteiger partial charge in [-0.05, 0) is 12.1 Å². The van der Waals surface area contributed by atoms with E-state index in [0.717, 1.165) is 11.3 Å². The van der Waals surface area contributed by atoms with E-state index in [1.807, 2.05) is 35.2 Å². The van der Waals surface area contributed by atoms with E-state index in [9.17, 15) is 9.59 Å². The van der Waals surface area contributed by atoms with Gasteiger partial charge < -0.3 is 9.40 Å². The lowest BCUT2D eigenvalue weighted by atomic mass is 10.1. The summed E-state index contributed by atoms with van der Waals surface area (Å²) >= 11 is 12.2. The van der Waals surface area contributed by atoms with Crippen molar-refractivity contribution in [2.24, 2.45) is 0 Å². The molecule has 0 unspecified atom stereocenters. The highest BCUT2D eigenvalue weighted by atomic mass is 35.5. The van der Waals surface area contributed by atoms with Crippen LogP contribution in [-0.2, 0) is 19.5 Å². The maximum atomic E-state index is 12.9. The Morgan fingerprint density at radius 3 is 2.74 bits per heavy atom. The minimum Gasteiger partial charge on any atom is -0.462 e. The molecule has 156 valence electrons. The number of aromatic nitrogens is 2. The average molecular weight is 454 g/mol. The lowest BCUT2D eigenvalue weighted by molar-refractivity contribution is 0.239. The maximum absolute atomic E-state index is 12.9. The van der Waals surface area contributed by atoms with Gasteiger partial charge in [0.25, 0.3) is 5.56 Å². The van der Waals surface area contributed by atoms with E-state index in [2.05, 4.69) is 9.97 Å². The first-order valence-electron chi connectivity index (χ1n) is 9.79. The first-order valence-corrected chi connectivity index (χ1v) is 10.5. The molecule has 31 heavy (non-hydrogen) atoms. The predicted molar refractivity (Wildman–Crippen MR) is 121 cm³/mol. The van der Waals surface area contributed by atoms with Crippen molar-refractivity contribution in [1.82, 2.24) is 14.9 Å². The Hall–Kier alpha value is -2.93. The zero-order chi connectivity index (χ0) is 21.5. The molecule has 1 aliphatic heterocycles. The molecule has 0 radical (unpaired) electrons. The third-order valence-corrected chi connectivity index (χ3v) is 5.95. The Morgan fingerprint density at radius 2 is 1.94 bits per heavy atom. The third-order valence-electron chi connectivity index (χ3n) is 5.45. The van der Waals surface area contributed by atoms with Gasteiger partial charge in [-0.1, -0.05) is 53.5 Å². The van der Waals surface area contributed by atoms with Crippen molar-refractivity contribution in [2.45, 2.75) is 19.5 Å². The van der Waals surface area contributed by atoms with E-state index in [4.69, 9.17) is 27.6 Å². The van der Waals surface area contributed by atoms with Gasteiger partial charge in [-0.15, -0.1) is 0 Å². The fraction of sp³-hybridized carbons (Fsp3) is 0.174. The minimum atomic E-state index is -0.178. The number of rotatable bonds is 3. The van der Waals surface area contributed by atoms with Gasteiger partial charge >= 0.3 is 0 Å². The zero-order valence-corrected chi connectivity index (χ0v) is 17.8. The molecule has 0 saturated heterocycles. The SMILES string of the molecule is O=c1[nH]c(-c2ccccc2)nc2c1CN(Cc1coc3c(Cl)cc(Cl)cc3c1=O)CC2. The predicted octanol–water partition coefficient (Wildman–Crippen LogP) is 4.41. The molecule has 4 aromatic rings. The smallest absolute Gasteiger partial charge is 0.255 e. The standard InChI is InChI=1S/C23H17Cl2N3O3/c24-15-8-16-20(29)14(12-31-21(16)18(25)9-15)10-28-7-6-19-17(11-28)23(30)27-22(26-19)13-4-2-1-3-5-13/h1-5,8-9,12H,6-7,10-11H2,(H,26,27,30). The van der Waals surface area contributed by atoms with Crippen molar-refractivity contribution >= 4 is 34.2 Å². The number of benzene rings is 2. The lowest BCUT2D eigenvalue weighted by Crippen LogP contribution is -2.36. The van der Waals surface area contributed by atoms with Crippen LogP contribution in [0.2, 0.25) is 10.0 Å². The second kappa shape index (κ2) is 7.96. The molecule has 1 N–H and O–H groups in total. The minimum absolute atomic E-state index is 0.155. The van der Waals surface area contributed by atoms with Crippen molar-refractivity contribution in [3.05, 3.63) is 96.2 Å². The summed E-state index contributed by atoms with van der Waals surface area (Å²) in [6.07, 6.45) is 2.05. The second-order valence-electron chi connectivity index (χ2n) is 7.52. The van der Waals surface area contributed by atoms with Crippen molar-refractivity contribution in [2.75, 3.05) is 6.54 Å². The molecule has 0 fully saturated rings. The van der Waals surface area contributed by atoms with Gasteiger partial charge in [-0.25, -0.2) is 4.98 Å². The Balaban J connectivity index is 1.44. The number of hydrogen-bond donors (Lipinski definition) is 1. The van der Waals surface area contributed by atoms with E-state index in [1.54, 1.807) is 12.1 Å². The normalized spacial score (nSPS) is 14.0. The Bertz CT molecular complexity index is 1410. The Kier molecular flexibility index (Phi) is 5.14. The molecule has 2 aromatic carbocycles. The molecule has 6 nitrogen and oxygen atoms in total. The van der Waals surface area contributed by atoms with Gasteiger partial charge in [-0.3, -0.25) is 14.5 Å². The van der Waals surface area contributed by atoms with Crippen molar-refractivity contribution in [3.8, 4) is 11.4 Å². The van der Waals surface area contributed by atoms with Crippen LogP contribution in [0.25, 0.3) is 22.4 Å². The van der Waals surface area contributed by atoms with Crippen molar-refractivity contribution in [3.63, 3.8) is 0 Å². The fourth-order valence-electron chi connectivity index (χ4n) is 3.90. The van der Waals surface area contributed by atoms with Crippen molar-refractivity contribution < 1.29 is 4.42 Å². The van der Waals surface area contributed by atoms with Crippen LogP contribution < -0.4 is 11.0 Å². The Morgan fingerprint density at radius 1 is 1.13 bits per heavy atom. The van der Waals surface area contributed by atoms with E-state index in [-0.39, 0.29) is 11.0 Å². The number of aromatic amines is 1. The van der Waals surface area contributed by atoms with Crippen molar-refractivity contribution in [1.29, 1.82) is 0 Å². The molecular weight excluding hydrogens is 437 g/mol. The molecule has 2 aromatic heterocycles. The number of nitrogens with one attached hydrogen (secondary N) is 1. The zero-order valence-electron chi connectivity index (χ0n) is 16.3. The highest BCUT2D eigenvalue weighted by molar-refractivity contribution is 6.38. The summed E-state index contributed by atoms with van der Waals surface area (Å²) in [4.78, 5) is 35.3. The summed E-state index contributed by atoms with van der Waals surface area (Å²) in [5.41, 5.74) is 2.76. The highest BCUT2D eigenvalue weighted by Gasteiger charge is 2.23. The number of halogens is 2. The average Bonchev–Trinajstić information content (AvgIpc) is 2.77. The van der Waals surface area contributed by atoms with Crippen LogP contribution in [0.4, 0.5) is 0 Å². The summed E-state index contributed by atoms with van der Waals surface area (Å²) in [5.74, 6) is 0.571.